The third-order valence-electron chi connectivity index (χ3n) is 4.95. The van der Waals surface area contributed by atoms with E-state index in [2.05, 4.69) is 52.5 Å². The van der Waals surface area contributed by atoms with E-state index in [1.807, 2.05) is 12.1 Å². The minimum absolute atomic E-state index is 0. The number of quaternary nitrogens is 1. The van der Waals surface area contributed by atoms with Crippen LogP contribution >= 0.6 is 15.9 Å². The molecule has 1 fully saturated rings. The van der Waals surface area contributed by atoms with Crippen LogP contribution in [0.2, 0.25) is 0 Å². The number of nitrogens with one attached hydrogen (secondary N) is 1. The van der Waals surface area contributed by atoms with Crippen LogP contribution in [0, 0.1) is 0 Å². The number of anilines is 1. The maximum absolute atomic E-state index is 12.3. The highest BCUT2D eigenvalue weighted by atomic mass is 79.9. The summed E-state index contributed by atoms with van der Waals surface area (Å²) < 4.78 is 7.23. The average molecular weight is 455 g/mol. The van der Waals surface area contributed by atoms with Crippen molar-refractivity contribution in [2.24, 2.45) is 0 Å². The molecular weight excluding hydrogens is 430 g/mol. The van der Waals surface area contributed by atoms with Gasteiger partial charge in [0.1, 0.15) is 6.54 Å². The summed E-state index contributed by atoms with van der Waals surface area (Å²) in [6.07, 6.45) is 5.44. The highest BCUT2D eigenvalue weighted by Crippen LogP contribution is 2.23. The number of carbonyl (C=O) groups excluding carboxylic acids is 1. The Balaban J connectivity index is 0.00000261. The third-order valence-corrected chi connectivity index (χ3v) is 5.38. The smallest absolute Gasteiger partial charge is 0.257 e. The fraction of sp³-hybridized carbons (Fsp3) is 0.400. The molecule has 5 nitrogen and oxygen atoms in total. The van der Waals surface area contributed by atoms with Gasteiger partial charge in [-0.25, -0.2) is 0 Å². The Bertz CT molecular complexity index is 762. The topological polar surface area (TPSA) is 51.2 Å². The lowest BCUT2D eigenvalue weighted by Crippen LogP contribution is -3.00. The van der Waals surface area contributed by atoms with E-state index in [1.165, 1.54) is 5.56 Å². The SMILES string of the molecule is C[N+](C)(Cc1ccc(NC(=O)c2cncc(Br)c2)cc1)C1CCOCC1.[Cl-]. The van der Waals surface area contributed by atoms with E-state index in [-0.39, 0.29) is 18.3 Å². The Morgan fingerprint density at radius 3 is 2.52 bits per heavy atom. The number of hydrogen-bond donors (Lipinski definition) is 1. The van der Waals surface area contributed by atoms with Gasteiger partial charge in [-0.1, -0.05) is 12.1 Å². The molecule has 1 saturated heterocycles. The molecule has 7 heteroatoms. The second-order valence-corrected chi connectivity index (χ2v) is 8.24. The molecule has 1 aliphatic heterocycles. The summed E-state index contributed by atoms with van der Waals surface area (Å²) in [7, 11) is 4.57. The number of carbonyl (C=O) groups is 1. The summed E-state index contributed by atoms with van der Waals surface area (Å²) in [4.78, 5) is 16.3. The lowest BCUT2D eigenvalue weighted by atomic mass is 10.0. The monoisotopic (exact) mass is 453 g/mol. The first-order valence-electron chi connectivity index (χ1n) is 8.85. The first-order valence-corrected chi connectivity index (χ1v) is 9.64. The summed E-state index contributed by atoms with van der Waals surface area (Å²) in [5, 5.41) is 2.92. The van der Waals surface area contributed by atoms with E-state index >= 15 is 0 Å². The predicted molar refractivity (Wildman–Crippen MR) is 106 cm³/mol. The van der Waals surface area contributed by atoms with Crippen molar-refractivity contribution in [3.8, 4) is 0 Å². The van der Waals surface area contributed by atoms with Crippen molar-refractivity contribution in [1.29, 1.82) is 0 Å². The van der Waals surface area contributed by atoms with Crippen LogP contribution in [0.5, 0.6) is 0 Å². The fourth-order valence-corrected chi connectivity index (χ4v) is 3.78. The molecule has 0 aliphatic carbocycles. The lowest BCUT2D eigenvalue weighted by molar-refractivity contribution is -0.929. The van der Waals surface area contributed by atoms with E-state index in [9.17, 15) is 4.79 Å². The van der Waals surface area contributed by atoms with Gasteiger partial charge >= 0.3 is 0 Å². The lowest BCUT2D eigenvalue weighted by Gasteiger charge is -2.40. The number of ether oxygens (including phenoxy) is 1. The van der Waals surface area contributed by atoms with Gasteiger partial charge in [-0.15, -0.1) is 0 Å². The Morgan fingerprint density at radius 1 is 1.22 bits per heavy atom. The Labute approximate surface area is 175 Å². The molecule has 0 bridgehead atoms. The number of rotatable bonds is 5. The van der Waals surface area contributed by atoms with Crippen LogP contribution in [-0.4, -0.2) is 48.7 Å². The first-order chi connectivity index (χ1) is 12.4. The molecule has 0 spiro atoms. The zero-order valence-corrected chi connectivity index (χ0v) is 18.0. The highest BCUT2D eigenvalue weighted by molar-refractivity contribution is 9.10. The zero-order chi connectivity index (χ0) is 18.6. The van der Waals surface area contributed by atoms with Crippen LogP contribution in [0.1, 0.15) is 28.8 Å². The molecule has 2 aromatic rings. The van der Waals surface area contributed by atoms with E-state index in [1.54, 1.807) is 18.5 Å². The Hall–Kier alpha value is -1.47. The van der Waals surface area contributed by atoms with Gasteiger partial charge in [0.15, 0.2) is 0 Å². The van der Waals surface area contributed by atoms with Crippen molar-refractivity contribution < 1.29 is 26.4 Å². The first kappa shape index (κ1) is 21.8. The second kappa shape index (κ2) is 9.64. The summed E-state index contributed by atoms with van der Waals surface area (Å²) in [5.41, 5.74) is 2.58. The van der Waals surface area contributed by atoms with Gasteiger partial charge < -0.3 is 26.9 Å². The average Bonchev–Trinajstić information content (AvgIpc) is 2.64. The maximum Gasteiger partial charge on any atom is 0.257 e. The summed E-state index contributed by atoms with van der Waals surface area (Å²) >= 11 is 3.33. The number of pyridine rings is 1. The summed E-state index contributed by atoms with van der Waals surface area (Å²) in [6, 6.07) is 10.5. The number of benzene rings is 1. The molecule has 0 saturated carbocycles. The number of halogens is 2. The van der Waals surface area contributed by atoms with Gasteiger partial charge in [0.25, 0.3) is 5.91 Å². The van der Waals surface area contributed by atoms with Gasteiger partial charge in [0, 0.05) is 41.0 Å². The quantitative estimate of drug-likeness (QED) is 0.682. The van der Waals surface area contributed by atoms with Crippen LogP contribution in [-0.2, 0) is 11.3 Å². The number of nitrogens with zero attached hydrogens (tertiary/aromatic N) is 2. The van der Waals surface area contributed by atoms with Crippen molar-refractivity contribution in [2.75, 3.05) is 32.6 Å². The zero-order valence-electron chi connectivity index (χ0n) is 15.6. The van der Waals surface area contributed by atoms with E-state index in [0.29, 0.717) is 11.6 Å². The predicted octanol–water partition coefficient (Wildman–Crippen LogP) is 0.856. The van der Waals surface area contributed by atoms with Crippen molar-refractivity contribution >= 4 is 27.5 Å². The van der Waals surface area contributed by atoms with Gasteiger partial charge in [-0.05, 0) is 34.1 Å². The molecule has 1 N–H and O–H groups in total. The number of aromatic nitrogens is 1. The van der Waals surface area contributed by atoms with Crippen molar-refractivity contribution in [3.63, 3.8) is 0 Å². The number of amides is 1. The Kier molecular flexibility index (Phi) is 7.79. The molecule has 1 aromatic heterocycles. The van der Waals surface area contributed by atoms with Crippen molar-refractivity contribution in [2.45, 2.75) is 25.4 Å². The molecule has 0 radical (unpaired) electrons. The normalized spacial score (nSPS) is 15.1. The number of hydrogen-bond acceptors (Lipinski definition) is 3. The minimum atomic E-state index is -0.162. The van der Waals surface area contributed by atoms with Crippen molar-refractivity contribution in [3.05, 3.63) is 58.3 Å². The molecular formula is C20H25BrClN3O2. The molecule has 146 valence electrons. The van der Waals surface area contributed by atoms with Gasteiger partial charge in [0.2, 0.25) is 0 Å². The maximum atomic E-state index is 12.3. The molecule has 3 rings (SSSR count). The molecule has 1 aromatic carbocycles. The largest absolute Gasteiger partial charge is 1.00 e. The highest BCUT2D eigenvalue weighted by Gasteiger charge is 2.30. The minimum Gasteiger partial charge on any atom is -1.00 e. The van der Waals surface area contributed by atoms with Crippen LogP contribution in [0.4, 0.5) is 5.69 Å². The molecule has 0 atom stereocenters. The molecule has 2 heterocycles. The van der Waals surface area contributed by atoms with Crippen molar-refractivity contribution in [1.82, 2.24) is 4.98 Å². The van der Waals surface area contributed by atoms with Gasteiger partial charge in [0.05, 0.1) is 38.9 Å². The van der Waals surface area contributed by atoms with Gasteiger partial charge in [-0.2, -0.15) is 0 Å². The molecule has 27 heavy (non-hydrogen) atoms. The molecule has 1 amide bonds. The standard InChI is InChI=1S/C20H24BrN3O2.ClH/c1-24(2,19-7-9-26-10-8-19)14-15-3-5-18(6-4-15)23-20(25)16-11-17(21)13-22-12-16;/h3-6,11-13,19H,7-10,14H2,1-2H3;1H. The van der Waals surface area contributed by atoms with E-state index in [0.717, 1.165) is 47.2 Å². The molecule has 1 aliphatic rings. The fourth-order valence-electron chi connectivity index (χ4n) is 3.42. The van der Waals surface area contributed by atoms with Crippen LogP contribution < -0.4 is 17.7 Å². The van der Waals surface area contributed by atoms with E-state index < -0.39 is 0 Å². The summed E-state index contributed by atoms with van der Waals surface area (Å²) in [6.45, 7) is 2.69. The van der Waals surface area contributed by atoms with Crippen LogP contribution in [0.25, 0.3) is 0 Å². The molecule has 0 unspecified atom stereocenters. The van der Waals surface area contributed by atoms with Crippen LogP contribution in [0.15, 0.2) is 47.2 Å². The third kappa shape index (κ3) is 6.01. The van der Waals surface area contributed by atoms with Crippen LogP contribution in [0.3, 0.4) is 0 Å². The van der Waals surface area contributed by atoms with E-state index in [4.69, 9.17) is 4.74 Å². The summed E-state index contributed by atoms with van der Waals surface area (Å²) in [5.74, 6) is -0.162. The Morgan fingerprint density at radius 2 is 1.89 bits per heavy atom. The van der Waals surface area contributed by atoms with Gasteiger partial charge in [-0.3, -0.25) is 9.78 Å². The second-order valence-electron chi connectivity index (χ2n) is 7.32.